The van der Waals surface area contributed by atoms with E-state index in [1.54, 1.807) is 24.9 Å². The van der Waals surface area contributed by atoms with Crippen molar-refractivity contribution in [3.63, 3.8) is 0 Å². The number of nitrogens with zero attached hydrogens (tertiary/aromatic N) is 3. The Bertz CT molecular complexity index is 779. The molecule has 0 fully saturated rings. The lowest BCUT2D eigenvalue weighted by molar-refractivity contribution is 0.0593. The normalized spacial score (nSPS) is 13.0. The first-order chi connectivity index (χ1) is 11.3. The molecular formula is C16H18FN5O2. The summed E-state index contributed by atoms with van der Waals surface area (Å²) in [5.41, 5.74) is -0.188. The fourth-order valence-corrected chi connectivity index (χ4v) is 2.07. The highest BCUT2D eigenvalue weighted by Crippen LogP contribution is 2.18. The van der Waals surface area contributed by atoms with Crippen molar-refractivity contribution in [3.05, 3.63) is 53.1 Å². The van der Waals surface area contributed by atoms with Gasteiger partial charge in [0, 0.05) is 30.9 Å². The zero-order valence-corrected chi connectivity index (χ0v) is 13.4. The van der Waals surface area contributed by atoms with Gasteiger partial charge in [0.1, 0.15) is 11.4 Å². The number of nitrogens with one attached hydrogen (secondary N) is 2. The minimum atomic E-state index is -1.28. The SMILES string of the molecule is Cn1cc(C(C)(O)CNC(=O)NCc2cc(C#N)ccc2F)cn1. The average molecular weight is 331 g/mol. The van der Waals surface area contributed by atoms with E-state index in [9.17, 15) is 14.3 Å². The van der Waals surface area contributed by atoms with Crippen LogP contribution in [0.25, 0.3) is 0 Å². The third-order valence-corrected chi connectivity index (χ3v) is 3.53. The molecule has 0 aliphatic carbocycles. The standard InChI is InChI=1S/C16H18FN5O2/c1-16(24,13-8-21-22(2)9-13)10-20-15(23)19-7-12-5-11(6-18)3-4-14(12)17/h3-5,8-9,24H,7,10H2,1-2H3,(H2,19,20,23). The zero-order valence-electron chi connectivity index (χ0n) is 13.4. The summed E-state index contributed by atoms with van der Waals surface area (Å²) in [6.07, 6.45) is 3.17. The number of benzene rings is 1. The Morgan fingerprint density at radius 1 is 1.50 bits per heavy atom. The monoisotopic (exact) mass is 331 g/mol. The predicted molar refractivity (Wildman–Crippen MR) is 84.1 cm³/mol. The molecule has 7 nitrogen and oxygen atoms in total. The fourth-order valence-electron chi connectivity index (χ4n) is 2.07. The maximum absolute atomic E-state index is 13.6. The van der Waals surface area contributed by atoms with Crippen molar-refractivity contribution in [2.45, 2.75) is 19.1 Å². The summed E-state index contributed by atoms with van der Waals surface area (Å²) in [5, 5.41) is 28.1. The van der Waals surface area contributed by atoms with Crippen LogP contribution in [0.4, 0.5) is 9.18 Å². The highest BCUT2D eigenvalue weighted by molar-refractivity contribution is 5.74. The first-order valence-electron chi connectivity index (χ1n) is 7.23. The molecule has 0 aliphatic rings. The second-order valence-electron chi connectivity index (χ2n) is 5.63. The van der Waals surface area contributed by atoms with E-state index < -0.39 is 17.4 Å². The van der Waals surface area contributed by atoms with Gasteiger partial charge < -0.3 is 15.7 Å². The van der Waals surface area contributed by atoms with Crippen molar-refractivity contribution in [2.24, 2.45) is 7.05 Å². The van der Waals surface area contributed by atoms with Crippen molar-refractivity contribution < 1.29 is 14.3 Å². The van der Waals surface area contributed by atoms with E-state index in [0.717, 1.165) is 0 Å². The van der Waals surface area contributed by atoms with Gasteiger partial charge in [-0.2, -0.15) is 10.4 Å². The number of halogens is 1. The molecule has 1 atom stereocenters. The van der Waals surface area contributed by atoms with Crippen LogP contribution in [0.1, 0.15) is 23.6 Å². The lowest BCUT2D eigenvalue weighted by atomic mass is 10.00. The van der Waals surface area contributed by atoms with E-state index in [2.05, 4.69) is 15.7 Å². The number of aryl methyl sites for hydroxylation is 1. The molecule has 2 rings (SSSR count). The van der Waals surface area contributed by atoms with Gasteiger partial charge >= 0.3 is 6.03 Å². The van der Waals surface area contributed by atoms with Crippen LogP contribution in [0, 0.1) is 17.1 Å². The minimum Gasteiger partial charge on any atom is -0.383 e. The maximum atomic E-state index is 13.6. The Kier molecular flexibility index (Phi) is 5.16. The molecule has 0 aliphatic heterocycles. The molecule has 8 heteroatoms. The topological polar surface area (TPSA) is 103 Å². The Hall–Kier alpha value is -2.92. The number of amides is 2. The molecule has 0 saturated carbocycles. The van der Waals surface area contributed by atoms with Gasteiger partial charge in [-0.25, -0.2) is 9.18 Å². The molecular weight excluding hydrogens is 313 g/mol. The van der Waals surface area contributed by atoms with Crippen LogP contribution in [0.2, 0.25) is 0 Å². The Labute approximate surface area is 138 Å². The van der Waals surface area contributed by atoms with Crippen molar-refractivity contribution in [3.8, 4) is 6.07 Å². The molecule has 1 heterocycles. The number of carbonyl (C=O) groups is 1. The van der Waals surface area contributed by atoms with E-state index in [0.29, 0.717) is 11.1 Å². The van der Waals surface area contributed by atoms with Gasteiger partial charge in [-0.15, -0.1) is 0 Å². The summed E-state index contributed by atoms with van der Waals surface area (Å²) in [5.74, 6) is -0.503. The summed E-state index contributed by atoms with van der Waals surface area (Å²) < 4.78 is 15.2. The van der Waals surface area contributed by atoms with Crippen LogP contribution in [0.15, 0.2) is 30.6 Å². The molecule has 0 saturated heterocycles. The molecule has 126 valence electrons. The molecule has 0 bridgehead atoms. The van der Waals surface area contributed by atoms with Crippen LogP contribution in [-0.2, 0) is 19.2 Å². The minimum absolute atomic E-state index is 0.0365. The van der Waals surface area contributed by atoms with Gasteiger partial charge in [0.25, 0.3) is 0 Å². The van der Waals surface area contributed by atoms with E-state index in [-0.39, 0.29) is 18.7 Å². The molecule has 24 heavy (non-hydrogen) atoms. The highest BCUT2D eigenvalue weighted by Gasteiger charge is 2.25. The lowest BCUT2D eigenvalue weighted by Crippen LogP contribution is -2.43. The number of aromatic nitrogens is 2. The third kappa shape index (κ3) is 4.30. The number of aliphatic hydroxyl groups is 1. The molecule has 1 aromatic carbocycles. The van der Waals surface area contributed by atoms with E-state index in [4.69, 9.17) is 5.26 Å². The summed E-state index contributed by atoms with van der Waals surface area (Å²) in [6, 6.07) is 5.28. The van der Waals surface area contributed by atoms with Gasteiger partial charge in [-0.05, 0) is 25.1 Å². The van der Waals surface area contributed by atoms with Crippen molar-refractivity contribution in [1.82, 2.24) is 20.4 Å². The Morgan fingerprint density at radius 2 is 2.25 bits per heavy atom. The molecule has 2 aromatic rings. The molecule has 0 radical (unpaired) electrons. The number of carbonyl (C=O) groups excluding carboxylic acids is 1. The lowest BCUT2D eigenvalue weighted by Gasteiger charge is -2.22. The molecule has 0 spiro atoms. The predicted octanol–water partition coefficient (Wildman–Crippen LogP) is 1.14. The number of urea groups is 1. The zero-order chi connectivity index (χ0) is 17.7. The quantitative estimate of drug-likeness (QED) is 0.764. The van der Waals surface area contributed by atoms with Crippen molar-refractivity contribution >= 4 is 6.03 Å². The van der Waals surface area contributed by atoms with Gasteiger partial charge in [0.15, 0.2) is 0 Å². The van der Waals surface area contributed by atoms with Gasteiger partial charge in [0.2, 0.25) is 0 Å². The smallest absolute Gasteiger partial charge is 0.315 e. The van der Waals surface area contributed by atoms with Crippen LogP contribution >= 0.6 is 0 Å². The Morgan fingerprint density at radius 3 is 2.88 bits per heavy atom. The summed E-state index contributed by atoms with van der Waals surface area (Å²) in [4.78, 5) is 11.8. The van der Waals surface area contributed by atoms with Gasteiger partial charge in [-0.1, -0.05) is 0 Å². The molecule has 3 N–H and O–H groups in total. The first-order valence-corrected chi connectivity index (χ1v) is 7.23. The van der Waals surface area contributed by atoms with Crippen LogP contribution in [0.5, 0.6) is 0 Å². The molecule has 1 aromatic heterocycles. The van der Waals surface area contributed by atoms with Crippen LogP contribution in [0.3, 0.4) is 0 Å². The second kappa shape index (κ2) is 7.10. The van der Waals surface area contributed by atoms with E-state index >= 15 is 0 Å². The van der Waals surface area contributed by atoms with Gasteiger partial charge in [0.05, 0.1) is 24.4 Å². The third-order valence-electron chi connectivity index (χ3n) is 3.53. The van der Waals surface area contributed by atoms with E-state index in [1.165, 1.54) is 24.4 Å². The van der Waals surface area contributed by atoms with Crippen molar-refractivity contribution in [1.29, 1.82) is 5.26 Å². The molecule has 1 unspecified atom stereocenters. The molecule has 2 amide bonds. The number of rotatable bonds is 5. The number of hydrogen-bond donors (Lipinski definition) is 3. The second-order valence-corrected chi connectivity index (χ2v) is 5.63. The largest absolute Gasteiger partial charge is 0.383 e. The average Bonchev–Trinajstić information content (AvgIpc) is 2.99. The fraction of sp³-hybridized carbons (Fsp3) is 0.312. The highest BCUT2D eigenvalue weighted by atomic mass is 19.1. The first kappa shape index (κ1) is 17.4. The van der Waals surface area contributed by atoms with Crippen molar-refractivity contribution in [2.75, 3.05) is 6.54 Å². The summed E-state index contributed by atoms with van der Waals surface area (Å²) in [6.45, 7) is 1.45. The van der Waals surface area contributed by atoms with Crippen LogP contribution in [-0.4, -0.2) is 27.5 Å². The summed E-state index contributed by atoms with van der Waals surface area (Å²) in [7, 11) is 1.73. The van der Waals surface area contributed by atoms with E-state index in [1.807, 2.05) is 6.07 Å². The summed E-state index contributed by atoms with van der Waals surface area (Å²) >= 11 is 0. The van der Waals surface area contributed by atoms with Crippen LogP contribution < -0.4 is 10.6 Å². The number of nitriles is 1. The Balaban J connectivity index is 1.89. The number of hydrogen-bond acceptors (Lipinski definition) is 4. The van der Waals surface area contributed by atoms with Gasteiger partial charge in [-0.3, -0.25) is 4.68 Å². The maximum Gasteiger partial charge on any atom is 0.315 e.